The number of hydrogen-bond acceptors (Lipinski definition) is 2. The summed E-state index contributed by atoms with van der Waals surface area (Å²) in [6.07, 6.45) is 5.49. The number of anilines is 1. The third-order valence-electron chi connectivity index (χ3n) is 3.12. The minimum atomic E-state index is -0.144. The molecule has 2 aromatic rings. The second-order valence-electron chi connectivity index (χ2n) is 4.96. The molecule has 2 rings (SSSR count). The predicted octanol–water partition coefficient (Wildman–Crippen LogP) is 4.52. The lowest BCUT2D eigenvalue weighted by Crippen LogP contribution is -2.07. The van der Waals surface area contributed by atoms with Gasteiger partial charge in [0, 0.05) is 11.8 Å². The topological polar surface area (TPSA) is 38.3 Å². The average Bonchev–Trinajstić information content (AvgIpc) is 2.55. The molecule has 0 aromatic heterocycles. The molecular formula is C19H21NO2. The average molecular weight is 295 g/mol. The van der Waals surface area contributed by atoms with E-state index in [0.29, 0.717) is 0 Å². The Balaban J connectivity index is 1.85. The number of ether oxygens (including phenoxy) is 1. The number of amides is 1. The third-order valence-corrected chi connectivity index (χ3v) is 3.12. The van der Waals surface area contributed by atoms with Crippen LogP contribution >= 0.6 is 0 Å². The first-order valence-corrected chi connectivity index (χ1v) is 7.55. The van der Waals surface area contributed by atoms with Crippen LogP contribution in [0.15, 0.2) is 60.7 Å². The van der Waals surface area contributed by atoms with Crippen LogP contribution in [-0.4, -0.2) is 12.5 Å². The molecule has 1 amide bonds. The minimum Gasteiger partial charge on any atom is -0.494 e. The SMILES string of the molecule is CCCCOc1ccc(C=CC(=O)Nc2ccccc2)cc1. The molecule has 0 spiro atoms. The van der Waals surface area contributed by atoms with E-state index in [0.717, 1.165) is 36.4 Å². The number of unbranched alkanes of at least 4 members (excludes halogenated alkanes) is 1. The van der Waals surface area contributed by atoms with Gasteiger partial charge in [-0.3, -0.25) is 4.79 Å². The first-order chi connectivity index (χ1) is 10.8. The van der Waals surface area contributed by atoms with Crippen LogP contribution in [-0.2, 0) is 4.79 Å². The Morgan fingerprint density at radius 3 is 2.50 bits per heavy atom. The fraction of sp³-hybridized carbons (Fsp3) is 0.211. The van der Waals surface area contributed by atoms with Gasteiger partial charge in [-0.1, -0.05) is 43.7 Å². The largest absolute Gasteiger partial charge is 0.494 e. The predicted molar refractivity (Wildman–Crippen MR) is 91.0 cm³/mol. The van der Waals surface area contributed by atoms with Gasteiger partial charge in [0.05, 0.1) is 6.61 Å². The van der Waals surface area contributed by atoms with Crippen molar-refractivity contribution in [1.29, 1.82) is 0 Å². The Morgan fingerprint density at radius 2 is 1.82 bits per heavy atom. The summed E-state index contributed by atoms with van der Waals surface area (Å²) in [6, 6.07) is 17.1. The third kappa shape index (κ3) is 5.44. The van der Waals surface area contributed by atoms with Gasteiger partial charge in [-0.25, -0.2) is 0 Å². The van der Waals surface area contributed by atoms with Gasteiger partial charge in [0.1, 0.15) is 5.75 Å². The lowest BCUT2D eigenvalue weighted by atomic mass is 10.2. The van der Waals surface area contributed by atoms with E-state index in [1.807, 2.05) is 54.6 Å². The lowest BCUT2D eigenvalue weighted by molar-refractivity contribution is -0.111. The van der Waals surface area contributed by atoms with E-state index in [-0.39, 0.29) is 5.91 Å². The molecule has 114 valence electrons. The van der Waals surface area contributed by atoms with Crippen molar-refractivity contribution in [3.8, 4) is 5.75 Å². The van der Waals surface area contributed by atoms with E-state index in [4.69, 9.17) is 4.74 Å². The number of carbonyl (C=O) groups is 1. The Bertz CT molecular complexity index is 603. The van der Waals surface area contributed by atoms with Crippen molar-refractivity contribution in [2.45, 2.75) is 19.8 Å². The van der Waals surface area contributed by atoms with Crippen molar-refractivity contribution < 1.29 is 9.53 Å². The van der Waals surface area contributed by atoms with Gasteiger partial charge in [-0.15, -0.1) is 0 Å². The van der Waals surface area contributed by atoms with Gasteiger partial charge >= 0.3 is 0 Å². The van der Waals surface area contributed by atoms with E-state index in [9.17, 15) is 4.79 Å². The smallest absolute Gasteiger partial charge is 0.248 e. The van der Waals surface area contributed by atoms with E-state index >= 15 is 0 Å². The molecule has 3 nitrogen and oxygen atoms in total. The van der Waals surface area contributed by atoms with E-state index in [1.54, 1.807) is 6.08 Å². The molecule has 2 aromatic carbocycles. The Hall–Kier alpha value is -2.55. The van der Waals surface area contributed by atoms with Crippen LogP contribution in [0.1, 0.15) is 25.3 Å². The van der Waals surface area contributed by atoms with Gasteiger partial charge < -0.3 is 10.1 Å². The monoisotopic (exact) mass is 295 g/mol. The van der Waals surface area contributed by atoms with Gasteiger partial charge in [-0.2, -0.15) is 0 Å². The summed E-state index contributed by atoms with van der Waals surface area (Å²) in [6.45, 7) is 2.88. The molecule has 0 saturated carbocycles. The maximum atomic E-state index is 11.8. The van der Waals surface area contributed by atoms with Crippen molar-refractivity contribution in [2.75, 3.05) is 11.9 Å². The summed E-state index contributed by atoms with van der Waals surface area (Å²) in [5.41, 5.74) is 1.75. The molecule has 0 atom stereocenters. The van der Waals surface area contributed by atoms with E-state index in [1.165, 1.54) is 6.08 Å². The minimum absolute atomic E-state index is 0.144. The maximum Gasteiger partial charge on any atom is 0.248 e. The van der Waals surface area contributed by atoms with Gasteiger partial charge in [-0.05, 0) is 42.3 Å². The maximum absolute atomic E-state index is 11.8. The summed E-state index contributed by atoms with van der Waals surface area (Å²) < 4.78 is 5.60. The number of para-hydroxylation sites is 1. The fourth-order valence-electron chi connectivity index (χ4n) is 1.89. The number of rotatable bonds is 7. The van der Waals surface area contributed by atoms with Crippen molar-refractivity contribution in [3.05, 3.63) is 66.2 Å². The number of hydrogen-bond donors (Lipinski definition) is 1. The van der Waals surface area contributed by atoms with Crippen molar-refractivity contribution in [2.24, 2.45) is 0 Å². The van der Waals surface area contributed by atoms with Gasteiger partial charge in [0.15, 0.2) is 0 Å². The molecule has 0 heterocycles. The molecule has 1 N–H and O–H groups in total. The van der Waals surface area contributed by atoms with E-state index in [2.05, 4.69) is 12.2 Å². The van der Waals surface area contributed by atoms with Crippen LogP contribution in [0.3, 0.4) is 0 Å². The highest BCUT2D eigenvalue weighted by molar-refractivity contribution is 6.01. The zero-order valence-corrected chi connectivity index (χ0v) is 12.8. The van der Waals surface area contributed by atoms with Crippen molar-refractivity contribution >= 4 is 17.7 Å². The molecule has 0 bridgehead atoms. The molecule has 0 unspecified atom stereocenters. The molecule has 3 heteroatoms. The molecule has 0 saturated heterocycles. The van der Waals surface area contributed by atoms with Crippen LogP contribution in [0, 0.1) is 0 Å². The quantitative estimate of drug-likeness (QED) is 0.602. The van der Waals surface area contributed by atoms with Gasteiger partial charge in [0.25, 0.3) is 0 Å². The molecule has 0 aliphatic heterocycles. The van der Waals surface area contributed by atoms with Gasteiger partial charge in [0.2, 0.25) is 5.91 Å². The number of carbonyl (C=O) groups excluding carboxylic acids is 1. The Kier molecular flexibility index (Phi) is 6.24. The number of benzene rings is 2. The van der Waals surface area contributed by atoms with Crippen LogP contribution in [0.25, 0.3) is 6.08 Å². The Morgan fingerprint density at radius 1 is 1.09 bits per heavy atom. The summed E-state index contributed by atoms with van der Waals surface area (Å²) in [4.78, 5) is 11.8. The van der Waals surface area contributed by atoms with Crippen LogP contribution in [0.4, 0.5) is 5.69 Å². The summed E-state index contributed by atoms with van der Waals surface area (Å²) in [7, 11) is 0. The molecule has 0 radical (unpaired) electrons. The summed E-state index contributed by atoms with van der Waals surface area (Å²) in [5.74, 6) is 0.716. The normalized spacial score (nSPS) is 10.6. The zero-order valence-electron chi connectivity index (χ0n) is 12.8. The fourth-order valence-corrected chi connectivity index (χ4v) is 1.89. The number of nitrogens with one attached hydrogen (secondary N) is 1. The van der Waals surface area contributed by atoms with Crippen LogP contribution < -0.4 is 10.1 Å². The summed E-state index contributed by atoms with van der Waals surface area (Å²) in [5, 5.41) is 2.81. The highest BCUT2D eigenvalue weighted by atomic mass is 16.5. The molecular weight excluding hydrogens is 274 g/mol. The second kappa shape index (κ2) is 8.67. The van der Waals surface area contributed by atoms with Crippen molar-refractivity contribution in [1.82, 2.24) is 0 Å². The van der Waals surface area contributed by atoms with Crippen molar-refractivity contribution in [3.63, 3.8) is 0 Å². The highest BCUT2D eigenvalue weighted by Crippen LogP contribution is 2.14. The highest BCUT2D eigenvalue weighted by Gasteiger charge is 1.97. The molecule has 0 aliphatic carbocycles. The van der Waals surface area contributed by atoms with E-state index < -0.39 is 0 Å². The molecule has 0 fully saturated rings. The first kappa shape index (κ1) is 15.8. The molecule has 0 aliphatic rings. The standard InChI is InChI=1S/C19H21NO2/c1-2-3-15-22-18-12-9-16(10-13-18)11-14-19(21)20-17-7-5-4-6-8-17/h4-14H,2-3,15H2,1H3,(H,20,21). The molecule has 22 heavy (non-hydrogen) atoms. The van der Waals surface area contributed by atoms with Crippen LogP contribution in [0.2, 0.25) is 0 Å². The lowest BCUT2D eigenvalue weighted by Gasteiger charge is -2.05. The first-order valence-electron chi connectivity index (χ1n) is 7.55. The zero-order chi connectivity index (χ0) is 15.6. The second-order valence-corrected chi connectivity index (χ2v) is 4.96. The van der Waals surface area contributed by atoms with Crippen LogP contribution in [0.5, 0.6) is 5.75 Å². The summed E-state index contributed by atoms with van der Waals surface area (Å²) >= 11 is 0. The Labute approximate surface area is 131 Å².